The number of rotatable bonds is 5. The summed E-state index contributed by atoms with van der Waals surface area (Å²) >= 11 is 0. The Kier molecular flexibility index (Phi) is 4.37. The van der Waals surface area contributed by atoms with Crippen molar-refractivity contribution < 1.29 is 9.66 Å². The molecule has 1 aromatic rings. The smallest absolute Gasteiger partial charge is 0.292 e. The van der Waals surface area contributed by atoms with Crippen molar-refractivity contribution in [1.29, 1.82) is 0 Å². The van der Waals surface area contributed by atoms with E-state index in [2.05, 4.69) is 12.2 Å². The molecule has 1 aromatic carbocycles. The summed E-state index contributed by atoms with van der Waals surface area (Å²) in [5.41, 5.74) is 1.40. The van der Waals surface area contributed by atoms with Crippen LogP contribution in [-0.4, -0.2) is 24.7 Å². The molecule has 1 aliphatic rings. The zero-order valence-corrected chi connectivity index (χ0v) is 11.1. The molecule has 1 aliphatic carbocycles. The van der Waals surface area contributed by atoms with Crippen LogP contribution in [0.3, 0.4) is 0 Å². The molecule has 1 saturated carbocycles. The average molecular weight is 263 g/mol. The minimum atomic E-state index is -0.371. The van der Waals surface area contributed by atoms with Crippen LogP contribution >= 0.6 is 0 Å². The third-order valence-corrected chi connectivity index (χ3v) is 3.70. The van der Waals surface area contributed by atoms with Crippen molar-refractivity contribution in [2.75, 3.05) is 19.0 Å². The molecule has 2 rings (SSSR count). The van der Waals surface area contributed by atoms with Crippen LogP contribution in [-0.2, 0) is 4.74 Å². The number of nitrogens with zero attached hydrogens (tertiary/aromatic N) is 1. The summed E-state index contributed by atoms with van der Waals surface area (Å²) in [6.45, 7) is 4.50. The third-order valence-electron chi connectivity index (χ3n) is 3.70. The van der Waals surface area contributed by atoms with Gasteiger partial charge < -0.3 is 10.1 Å². The highest BCUT2D eigenvalue weighted by Crippen LogP contribution is 2.30. The summed E-state index contributed by atoms with van der Waals surface area (Å²) in [5.74, 6) is 0.415. The number of ether oxygens (including phenoxy) is 1. The lowest BCUT2D eigenvalue weighted by Gasteiger charge is -2.19. The second kappa shape index (κ2) is 6.02. The van der Waals surface area contributed by atoms with Gasteiger partial charge in [-0.2, -0.15) is 0 Å². The van der Waals surface area contributed by atoms with E-state index in [1.54, 1.807) is 19.2 Å². The molecule has 0 aromatic heterocycles. The van der Waals surface area contributed by atoms with Crippen molar-refractivity contribution in [3.8, 4) is 0 Å². The molecule has 1 fully saturated rings. The molecular formula is C14H19N2O3. The molecule has 0 saturated heterocycles. The van der Waals surface area contributed by atoms with E-state index in [1.807, 2.05) is 0 Å². The first-order valence-electron chi connectivity index (χ1n) is 6.49. The van der Waals surface area contributed by atoms with E-state index in [4.69, 9.17) is 4.74 Å². The summed E-state index contributed by atoms with van der Waals surface area (Å²) < 4.78 is 5.43. The van der Waals surface area contributed by atoms with E-state index in [0.29, 0.717) is 18.2 Å². The van der Waals surface area contributed by atoms with Gasteiger partial charge in [0, 0.05) is 25.6 Å². The minimum Gasteiger partial charge on any atom is -0.381 e. The van der Waals surface area contributed by atoms with E-state index in [-0.39, 0.29) is 16.7 Å². The van der Waals surface area contributed by atoms with Gasteiger partial charge in [0.15, 0.2) is 0 Å². The number of anilines is 1. The summed E-state index contributed by atoms with van der Waals surface area (Å²) in [4.78, 5) is 10.6. The van der Waals surface area contributed by atoms with Crippen molar-refractivity contribution in [3.05, 3.63) is 40.8 Å². The summed E-state index contributed by atoms with van der Waals surface area (Å²) in [5, 5.41) is 14.2. The highest BCUT2D eigenvalue weighted by Gasteiger charge is 2.27. The van der Waals surface area contributed by atoms with Crippen LogP contribution in [0, 0.1) is 23.0 Å². The first kappa shape index (κ1) is 13.8. The first-order chi connectivity index (χ1) is 9.11. The molecule has 2 atom stereocenters. The predicted octanol–water partition coefficient (Wildman–Crippen LogP) is 3.00. The number of methoxy groups -OCH3 is 1. The zero-order valence-electron chi connectivity index (χ0n) is 11.1. The van der Waals surface area contributed by atoms with Crippen molar-refractivity contribution in [2.45, 2.75) is 25.4 Å². The maximum absolute atomic E-state index is 11.0. The lowest BCUT2D eigenvalue weighted by Crippen LogP contribution is -2.24. The van der Waals surface area contributed by atoms with Gasteiger partial charge in [0.1, 0.15) is 5.69 Å². The molecule has 1 N–H and O–H groups in total. The lowest BCUT2D eigenvalue weighted by atomic mass is 10.1. The molecule has 103 valence electrons. The first-order valence-corrected chi connectivity index (χ1v) is 6.49. The van der Waals surface area contributed by atoms with Gasteiger partial charge in [-0.25, -0.2) is 0 Å². The van der Waals surface area contributed by atoms with Crippen LogP contribution < -0.4 is 5.32 Å². The number of nitrogens with one attached hydrogen (secondary N) is 1. The molecule has 0 spiro atoms. The number of hydrogen-bond donors (Lipinski definition) is 1. The van der Waals surface area contributed by atoms with Gasteiger partial charge in [-0.1, -0.05) is 12.5 Å². The average Bonchev–Trinajstić information content (AvgIpc) is 2.83. The predicted molar refractivity (Wildman–Crippen MR) is 74.2 cm³/mol. The standard InChI is InChI=1S/C14H19N2O3/c1-10-6-7-13(16(17)18)12(8-10)15-9-11-4-3-5-14(11)19-2/h6-8,11,14-15H,1,3-5,9H2,2H3. The molecule has 0 amide bonds. The number of hydrogen-bond acceptors (Lipinski definition) is 4. The highest BCUT2D eigenvalue weighted by molar-refractivity contribution is 5.63. The van der Waals surface area contributed by atoms with Crippen molar-refractivity contribution in [2.24, 2.45) is 5.92 Å². The van der Waals surface area contributed by atoms with Gasteiger partial charge in [-0.05, 0) is 31.4 Å². The highest BCUT2D eigenvalue weighted by atomic mass is 16.6. The normalized spacial score (nSPS) is 22.4. The van der Waals surface area contributed by atoms with Gasteiger partial charge in [-0.15, -0.1) is 0 Å². The van der Waals surface area contributed by atoms with Crippen LogP contribution in [0.25, 0.3) is 0 Å². The Bertz CT molecular complexity index is 462. The zero-order chi connectivity index (χ0) is 13.8. The number of nitro benzene ring substituents is 1. The molecule has 0 bridgehead atoms. The lowest BCUT2D eigenvalue weighted by molar-refractivity contribution is -0.384. The topological polar surface area (TPSA) is 64.4 Å². The summed E-state index contributed by atoms with van der Waals surface area (Å²) in [6, 6.07) is 4.86. The van der Waals surface area contributed by atoms with Gasteiger partial charge in [0.2, 0.25) is 0 Å². The number of nitro groups is 1. The van der Waals surface area contributed by atoms with Crippen LogP contribution in [0.1, 0.15) is 24.8 Å². The second-order valence-corrected chi connectivity index (χ2v) is 4.95. The van der Waals surface area contributed by atoms with Gasteiger partial charge in [0.25, 0.3) is 5.69 Å². The minimum absolute atomic E-state index is 0.0966. The third kappa shape index (κ3) is 3.23. The molecule has 0 aliphatic heterocycles. The Balaban J connectivity index is 2.06. The molecule has 19 heavy (non-hydrogen) atoms. The summed E-state index contributed by atoms with van der Waals surface area (Å²) in [6.07, 6.45) is 3.58. The van der Waals surface area contributed by atoms with Gasteiger partial charge >= 0.3 is 0 Å². The van der Waals surface area contributed by atoms with E-state index >= 15 is 0 Å². The molecule has 5 nitrogen and oxygen atoms in total. The van der Waals surface area contributed by atoms with Crippen LogP contribution in [0.5, 0.6) is 0 Å². The Morgan fingerprint density at radius 3 is 3.00 bits per heavy atom. The fraction of sp³-hybridized carbons (Fsp3) is 0.500. The van der Waals surface area contributed by atoms with Crippen LogP contribution in [0.4, 0.5) is 11.4 Å². The molecule has 0 heterocycles. The second-order valence-electron chi connectivity index (χ2n) is 4.95. The molecule has 5 heteroatoms. The quantitative estimate of drug-likeness (QED) is 0.655. The molecule has 2 unspecified atom stereocenters. The maximum Gasteiger partial charge on any atom is 0.292 e. The fourth-order valence-electron chi connectivity index (χ4n) is 2.67. The van der Waals surface area contributed by atoms with Crippen LogP contribution in [0.15, 0.2) is 18.2 Å². The monoisotopic (exact) mass is 263 g/mol. The fourth-order valence-corrected chi connectivity index (χ4v) is 2.67. The van der Waals surface area contributed by atoms with Crippen molar-refractivity contribution in [3.63, 3.8) is 0 Å². The van der Waals surface area contributed by atoms with Crippen molar-refractivity contribution in [1.82, 2.24) is 0 Å². The van der Waals surface area contributed by atoms with Gasteiger partial charge in [-0.3, -0.25) is 10.1 Å². The van der Waals surface area contributed by atoms with E-state index < -0.39 is 0 Å². The Hall–Kier alpha value is -1.62. The van der Waals surface area contributed by atoms with E-state index in [9.17, 15) is 10.1 Å². The van der Waals surface area contributed by atoms with E-state index in [0.717, 1.165) is 24.8 Å². The SMILES string of the molecule is [CH2]c1ccc([N+](=O)[O-])c(NCC2CCCC2OC)c1. The summed E-state index contributed by atoms with van der Waals surface area (Å²) in [7, 11) is 1.72. The number of benzene rings is 1. The maximum atomic E-state index is 11.0. The van der Waals surface area contributed by atoms with Crippen molar-refractivity contribution >= 4 is 11.4 Å². The van der Waals surface area contributed by atoms with Gasteiger partial charge in [0.05, 0.1) is 11.0 Å². The van der Waals surface area contributed by atoms with Crippen LogP contribution in [0.2, 0.25) is 0 Å². The van der Waals surface area contributed by atoms with E-state index in [1.165, 1.54) is 6.07 Å². The Morgan fingerprint density at radius 1 is 1.53 bits per heavy atom. The Morgan fingerprint density at radius 2 is 2.32 bits per heavy atom. The molecule has 1 radical (unpaired) electrons. The Labute approximate surface area is 113 Å². The largest absolute Gasteiger partial charge is 0.381 e. The molecular weight excluding hydrogens is 244 g/mol.